The summed E-state index contributed by atoms with van der Waals surface area (Å²) in [6.07, 6.45) is -4.73. The molecule has 0 aromatic heterocycles. The number of amides is 5. The average Bonchev–Trinajstić information content (AvgIpc) is 3.32. The van der Waals surface area contributed by atoms with Gasteiger partial charge in [-0.2, -0.15) is 0 Å². The summed E-state index contributed by atoms with van der Waals surface area (Å²) >= 11 is 0. The Morgan fingerprint density at radius 2 is 1.59 bits per heavy atom. The zero-order valence-electron chi connectivity index (χ0n) is 24.8. The summed E-state index contributed by atoms with van der Waals surface area (Å²) in [5, 5.41) is 47.4. The number of carbonyl (C=O) groups excluding carboxylic acids is 6. The van der Waals surface area contributed by atoms with Gasteiger partial charge in [0.1, 0.15) is 30.5 Å². The van der Waals surface area contributed by atoms with E-state index in [4.69, 9.17) is 14.3 Å². The van der Waals surface area contributed by atoms with Gasteiger partial charge in [-0.15, -0.1) is 5.06 Å². The lowest BCUT2D eigenvalue weighted by Gasteiger charge is -2.39. The van der Waals surface area contributed by atoms with Crippen LogP contribution < -0.4 is 16.0 Å². The van der Waals surface area contributed by atoms with E-state index in [9.17, 15) is 49.2 Å². The molecule has 0 aromatic rings. The van der Waals surface area contributed by atoms with Gasteiger partial charge in [0.15, 0.2) is 6.29 Å². The van der Waals surface area contributed by atoms with E-state index >= 15 is 0 Å². The topological polar surface area (TPSA) is 250 Å². The molecule has 0 aromatic carbocycles. The molecule has 0 radical (unpaired) electrons. The van der Waals surface area contributed by atoms with Gasteiger partial charge in [-0.1, -0.05) is 6.92 Å². The van der Waals surface area contributed by atoms with Crippen LogP contribution in [0.5, 0.6) is 0 Å². The molecule has 44 heavy (non-hydrogen) atoms. The van der Waals surface area contributed by atoms with Crippen molar-refractivity contribution in [2.75, 3.05) is 26.3 Å². The Kier molecular flexibility index (Phi) is 16.2. The Labute approximate surface area is 254 Å². The molecule has 250 valence electrons. The molecule has 0 saturated carbocycles. The van der Waals surface area contributed by atoms with Crippen LogP contribution >= 0.6 is 0 Å². The summed E-state index contributed by atoms with van der Waals surface area (Å²) in [7, 11) is 0. The number of unbranched alkanes of at least 4 members (excludes halogenated alkanes) is 2. The highest BCUT2D eigenvalue weighted by atomic mass is 16.7. The SMILES string of the molecule is CCC(=O)N[C@@H](CCCCNC(=O)CCCCC(=O)ON1C(=O)CCC1=O)C(=O)NCCO[C@H]1O[C@H](CO)[C@@H](O)[C@H](O)[C@@H]1O. The Morgan fingerprint density at radius 1 is 0.909 bits per heavy atom. The maximum Gasteiger partial charge on any atom is 0.333 e. The van der Waals surface area contributed by atoms with Crippen LogP contribution in [0.1, 0.15) is 71.1 Å². The van der Waals surface area contributed by atoms with E-state index in [0.717, 1.165) is 0 Å². The van der Waals surface area contributed by atoms with Gasteiger partial charge in [0.2, 0.25) is 17.7 Å². The lowest BCUT2D eigenvalue weighted by molar-refractivity contribution is -0.300. The van der Waals surface area contributed by atoms with Crippen molar-refractivity contribution >= 4 is 35.5 Å². The third kappa shape index (κ3) is 12.0. The molecule has 2 rings (SSSR count). The van der Waals surface area contributed by atoms with E-state index in [-0.39, 0.29) is 57.1 Å². The number of aliphatic hydroxyl groups excluding tert-OH is 4. The fourth-order valence-electron chi connectivity index (χ4n) is 4.39. The van der Waals surface area contributed by atoms with E-state index in [0.29, 0.717) is 43.7 Å². The van der Waals surface area contributed by atoms with Crippen molar-refractivity contribution in [3.8, 4) is 0 Å². The number of imide groups is 1. The van der Waals surface area contributed by atoms with Crippen molar-refractivity contribution in [2.24, 2.45) is 0 Å². The first-order valence-electron chi connectivity index (χ1n) is 14.8. The predicted molar refractivity (Wildman–Crippen MR) is 147 cm³/mol. The number of rotatable bonds is 19. The van der Waals surface area contributed by atoms with Crippen LogP contribution in [-0.4, -0.2) is 124 Å². The van der Waals surface area contributed by atoms with Crippen LogP contribution in [0.2, 0.25) is 0 Å². The Hall–Kier alpha value is -3.22. The van der Waals surface area contributed by atoms with Crippen molar-refractivity contribution < 1.29 is 63.5 Å². The van der Waals surface area contributed by atoms with Crippen molar-refractivity contribution in [2.45, 2.75) is 108 Å². The van der Waals surface area contributed by atoms with E-state index in [1.807, 2.05) is 0 Å². The van der Waals surface area contributed by atoms with E-state index in [1.54, 1.807) is 6.92 Å². The zero-order valence-corrected chi connectivity index (χ0v) is 24.8. The van der Waals surface area contributed by atoms with Crippen molar-refractivity contribution in [1.82, 2.24) is 21.0 Å². The molecule has 17 nitrogen and oxygen atoms in total. The van der Waals surface area contributed by atoms with Crippen LogP contribution in [0, 0.1) is 0 Å². The summed E-state index contributed by atoms with van der Waals surface area (Å²) in [6, 6.07) is -0.837. The van der Waals surface area contributed by atoms with E-state index in [2.05, 4.69) is 16.0 Å². The predicted octanol–water partition coefficient (Wildman–Crippen LogP) is -2.73. The lowest BCUT2D eigenvalue weighted by atomic mass is 9.99. The quantitative estimate of drug-likeness (QED) is 0.0565. The second kappa shape index (κ2) is 19.2. The molecule has 6 atom stereocenters. The van der Waals surface area contributed by atoms with E-state index < -0.39 is 67.0 Å². The summed E-state index contributed by atoms with van der Waals surface area (Å²) < 4.78 is 10.6. The highest BCUT2D eigenvalue weighted by Gasteiger charge is 2.44. The number of hydrogen-bond donors (Lipinski definition) is 7. The fourth-order valence-corrected chi connectivity index (χ4v) is 4.39. The molecule has 17 heteroatoms. The number of hydrogen-bond acceptors (Lipinski definition) is 13. The normalized spacial score (nSPS) is 24.1. The van der Waals surface area contributed by atoms with Crippen LogP contribution in [0.25, 0.3) is 0 Å². The maximum atomic E-state index is 12.7. The van der Waals surface area contributed by atoms with Crippen LogP contribution in [0.3, 0.4) is 0 Å². The molecule has 0 aliphatic carbocycles. The first-order valence-corrected chi connectivity index (χ1v) is 14.8. The van der Waals surface area contributed by atoms with E-state index in [1.165, 1.54) is 0 Å². The highest BCUT2D eigenvalue weighted by molar-refractivity contribution is 6.01. The second-order valence-corrected chi connectivity index (χ2v) is 10.4. The number of nitrogens with zero attached hydrogens (tertiary/aromatic N) is 1. The number of nitrogens with one attached hydrogen (secondary N) is 3. The van der Waals surface area contributed by atoms with Gasteiger partial charge in [-0.05, 0) is 32.1 Å². The van der Waals surface area contributed by atoms with Gasteiger partial charge >= 0.3 is 5.97 Å². The molecule has 0 spiro atoms. The van der Waals surface area contributed by atoms with Gasteiger partial charge in [-0.25, -0.2) is 4.79 Å². The molecule has 2 aliphatic rings. The summed E-state index contributed by atoms with van der Waals surface area (Å²) in [5.41, 5.74) is 0. The number of aliphatic hydroxyl groups is 4. The molecule has 2 fully saturated rings. The first kappa shape index (κ1) is 37.0. The minimum atomic E-state index is -1.59. The first-order chi connectivity index (χ1) is 21.0. The Morgan fingerprint density at radius 3 is 2.25 bits per heavy atom. The smallest absolute Gasteiger partial charge is 0.333 e. The van der Waals surface area contributed by atoms with Crippen LogP contribution in [-0.2, 0) is 43.1 Å². The van der Waals surface area contributed by atoms with Gasteiger partial charge in [0.05, 0.1) is 13.2 Å². The highest BCUT2D eigenvalue weighted by Crippen LogP contribution is 2.21. The molecule has 7 N–H and O–H groups in total. The molecule has 0 bridgehead atoms. The van der Waals surface area contributed by atoms with Crippen molar-refractivity contribution in [1.29, 1.82) is 0 Å². The average molecular weight is 633 g/mol. The molecule has 2 saturated heterocycles. The van der Waals surface area contributed by atoms with Gasteiger partial charge in [0.25, 0.3) is 11.8 Å². The Bertz CT molecular complexity index is 979. The summed E-state index contributed by atoms with van der Waals surface area (Å²) in [5.74, 6) is -2.84. The van der Waals surface area contributed by atoms with Gasteiger partial charge in [-0.3, -0.25) is 24.0 Å². The molecule has 2 aliphatic heterocycles. The largest absolute Gasteiger partial charge is 0.394 e. The number of hydroxylamine groups is 2. The molecular formula is C27H44N4O13. The third-order valence-electron chi connectivity index (χ3n) is 6.98. The van der Waals surface area contributed by atoms with Crippen LogP contribution in [0.4, 0.5) is 0 Å². The van der Waals surface area contributed by atoms with Crippen molar-refractivity contribution in [3.63, 3.8) is 0 Å². The number of carbonyl (C=O) groups is 6. The summed E-state index contributed by atoms with van der Waals surface area (Å²) in [4.78, 5) is 76.2. The number of ether oxygens (including phenoxy) is 2. The Balaban J connectivity index is 1.62. The third-order valence-corrected chi connectivity index (χ3v) is 6.98. The van der Waals surface area contributed by atoms with Gasteiger partial charge < -0.3 is 50.7 Å². The molecule has 2 heterocycles. The van der Waals surface area contributed by atoms with Gasteiger partial charge in [0, 0.05) is 45.2 Å². The lowest BCUT2D eigenvalue weighted by Crippen LogP contribution is -2.59. The maximum absolute atomic E-state index is 12.7. The molecule has 0 unspecified atom stereocenters. The second-order valence-electron chi connectivity index (χ2n) is 10.4. The minimum absolute atomic E-state index is 0.0140. The minimum Gasteiger partial charge on any atom is -0.394 e. The molecule has 5 amide bonds. The van der Waals surface area contributed by atoms with Crippen molar-refractivity contribution in [3.05, 3.63) is 0 Å². The molecular weight excluding hydrogens is 588 g/mol. The monoisotopic (exact) mass is 632 g/mol. The zero-order chi connectivity index (χ0) is 32.6. The summed E-state index contributed by atoms with van der Waals surface area (Å²) in [6.45, 7) is 1.23. The standard InChI is InChI=1S/C27H44N4O13/c1-2-18(33)30-16(26(41)29-13-14-42-27-25(40)24(39)23(38)17(15-32)43-27)7-5-6-12-28-19(34)8-3-4-9-22(37)44-31-20(35)10-11-21(31)36/h16-17,23-25,27,32,38-40H,2-15H2,1H3,(H,28,34)(H,29,41)(H,30,33)/t16-,17+,23+,24-,25-,27-/m0/s1. The fraction of sp³-hybridized carbons (Fsp3) is 0.778. The van der Waals surface area contributed by atoms with Crippen LogP contribution in [0.15, 0.2) is 0 Å².